The van der Waals surface area contributed by atoms with E-state index in [2.05, 4.69) is 15.2 Å². The molecule has 1 heterocycles. The standard InChI is InChI=1S/C9H6F2N4/c10-6-3-1-2-5(8(6)11)7-4-13-15-9(12)14-7/h1-4H,(H2,12,14,15). The number of nitrogens with two attached hydrogens (primary N) is 1. The number of rotatable bonds is 1. The minimum Gasteiger partial charge on any atom is -0.366 e. The fraction of sp³-hybridized carbons (Fsp3) is 0. The van der Waals surface area contributed by atoms with Crippen LogP contribution in [0.1, 0.15) is 0 Å². The molecule has 0 bridgehead atoms. The molecule has 6 heteroatoms. The molecule has 2 N–H and O–H groups in total. The first-order valence-corrected chi connectivity index (χ1v) is 4.08. The summed E-state index contributed by atoms with van der Waals surface area (Å²) in [6, 6.07) is 3.80. The van der Waals surface area contributed by atoms with Gasteiger partial charge in [0.15, 0.2) is 11.6 Å². The Balaban J connectivity index is 2.59. The van der Waals surface area contributed by atoms with E-state index in [1.54, 1.807) is 0 Å². The monoisotopic (exact) mass is 208 g/mol. The van der Waals surface area contributed by atoms with Crippen molar-refractivity contribution in [1.29, 1.82) is 0 Å². The average Bonchev–Trinajstić information content (AvgIpc) is 2.22. The molecule has 2 rings (SSSR count). The Kier molecular flexibility index (Phi) is 2.24. The zero-order chi connectivity index (χ0) is 10.8. The van der Waals surface area contributed by atoms with Crippen LogP contribution in [0.2, 0.25) is 0 Å². The van der Waals surface area contributed by atoms with Gasteiger partial charge in [-0.25, -0.2) is 13.8 Å². The second kappa shape index (κ2) is 3.56. The molecule has 4 nitrogen and oxygen atoms in total. The van der Waals surface area contributed by atoms with E-state index in [4.69, 9.17) is 5.73 Å². The molecule has 2 aromatic rings. The van der Waals surface area contributed by atoms with Crippen molar-refractivity contribution < 1.29 is 8.78 Å². The molecule has 0 radical (unpaired) electrons. The largest absolute Gasteiger partial charge is 0.366 e. The number of hydrogen-bond acceptors (Lipinski definition) is 4. The van der Waals surface area contributed by atoms with E-state index in [0.717, 1.165) is 6.07 Å². The van der Waals surface area contributed by atoms with Gasteiger partial charge in [-0.2, -0.15) is 5.10 Å². The number of nitrogen functional groups attached to an aromatic ring is 1. The lowest BCUT2D eigenvalue weighted by atomic mass is 10.1. The maximum absolute atomic E-state index is 13.3. The van der Waals surface area contributed by atoms with Crippen LogP contribution in [-0.4, -0.2) is 15.2 Å². The van der Waals surface area contributed by atoms with Crippen molar-refractivity contribution in [1.82, 2.24) is 15.2 Å². The van der Waals surface area contributed by atoms with Gasteiger partial charge >= 0.3 is 0 Å². The quantitative estimate of drug-likeness (QED) is 0.769. The Morgan fingerprint density at radius 1 is 1.20 bits per heavy atom. The molecule has 0 saturated heterocycles. The zero-order valence-electron chi connectivity index (χ0n) is 7.48. The topological polar surface area (TPSA) is 64.7 Å². The first-order chi connectivity index (χ1) is 7.18. The average molecular weight is 208 g/mol. The third kappa shape index (κ3) is 1.74. The highest BCUT2D eigenvalue weighted by Crippen LogP contribution is 2.21. The Morgan fingerprint density at radius 2 is 2.00 bits per heavy atom. The molecule has 0 aliphatic heterocycles. The Morgan fingerprint density at radius 3 is 2.73 bits per heavy atom. The van der Waals surface area contributed by atoms with E-state index in [0.29, 0.717) is 0 Å². The van der Waals surface area contributed by atoms with Gasteiger partial charge in [0.2, 0.25) is 5.95 Å². The molecule has 0 saturated carbocycles. The van der Waals surface area contributed by atoms with Crippen molar-refractivity contribution in [2.45, 2.75) is 0 Å². The summed E-state index contributed by atoms with van der Waals surface area (Å²) in [5.74, 6) is -2.00. The van der Waals surface area contributed by atoms with Crippen LogP contribution >= 0.6 is 0 Å². The molecule has 0 aliphatic carbocycles. The summed E-state index contributed by atoms with van der Waals surface area (Å²) in [6.45, 7) is 0. The molecule has 0 fully saturated rings. The highest BCUT2D eigenvalue weighted by atomic mass is 19.2. The van der Waals surface area contributed by atoms with Crippen LogP contribution in [0.5, 0.6) is 0 Å². The van der Waals surface area contributed by atoms with Crippen LogP contribution in [0.25, 0.3) is 11.3 Å². The maximum atomic E-state index is 13.3. The van der Waals surface area contributed by atoms with Crippen LogP contribution in [-0.2, 0) is 0 Å². The zero-order valence-corrected chi connectivity index (χ0v) is 7.48. The summed E-state index contributed by atoms with van der Waals surface area (Å²) < 4.78 is 26.2. The first-order valence-electron chi connectivity index (χ1n) is 4.08. The highest BCUT2D eigenvalue weighted by molar-refractivity contribution is 5.59. The normalized spacial score (nSPS) is 10.3. The van der Waals surface area contributed by atoms with Crippen LogP contribution in [0.4, 0.5) is 14.7 Å². The molecule has 0 unspecified atom stereocenters. The van der Waals surface area contributed by atoms with Gasteiger partial charge in [-0.1, -0.05) is 6.07 Å². The lowest BCUT2D eigenvalue weighted by Crippen LogP contribution is -1.99. The van der Waals surface area contributed by atoms with Gasteiger partial charge in [0.05, 0.1) is 11.9 Å². The van der Waals surface area contributed by atoms with Crippen molar-refractivity contribution in [2.75, 3.05) is 5.73 Å². The number of nitrogens with zero attached hydrogens (tertiary/aromatic N) is 3. The van der Waals surface area contributed by atoms with Crippen molar-refractivity contribution in [3.63, 3.8) is 0 Å². The molecule has 0 spiro atoms. The fourth-order valence-electron chi connectivity index (χ4n) is 1.15. The summed E-state index contributed by atoms with van der Waals surface area (Å²) >= 11 is 0. The van der Waals surface area contributed by atoms with Crippen molar-refractivity contribution in [3.8, 4) is 11.3 Å². The van der Waals surface area contributed by atoms with E-state index >= 15 is 0 Å². The Hall–Kier alpha value is -2.11. The lowest BCUT2D eigenvalue weighted by Gasteiger charge is -2.02. The Bertz CT molecular complexity index is 501. The summed E-state index contributed by atoms with van der Waals surface area (Å²) in [7, 11) is 0. The van der Waals surface area contributed by atoms with Gasteiger partial charge in [0.25, 0.3) is 0 Å². The second-order valence-corrected chi connectivity index (χ2v) is 2.80. The molecule has 0 amide bonds. The molecular weight excluding hydrogens is 202 g/mol. The highest BCUT2D eigenvalue weighted by Gasteiger charge is 2.11. The predicted molar refractivity (Wildman–Crippen MR) is 49.6 cm³/mol. The molecule has 0 atom stereocenters. The minimum absolute atomic E-state index is 0.0107. The summed E-state index contributed by atoms with van der Waals surface area (Å²) in [6.07, 6.45) is 1.22. The van der Waals surface area contributed by atoms with Crippen molar-refractivity contribution >= 4 is 5.95 Å². The lowest BCUT2D eigenvalue weighted by molar-refractivity contribution is 0.511. The summed E-state index contributed by atoms with van der Waals surface area (Å²) in [5, 5.41) is 6.92. The van der Waals surface area contributed by atoms with Gasteiger partial charge in [0.1, 0.15) is 0 Å². The van der Waals surface area contributed by atoms with E-state index < -0.39 is 11.6 Å². The smallest absolute Gasteiger partial charge is 0.240 e. The van der Waals surface area contributed by atoms with E-state index in [-0.39, 0.29) is 17.2 Å². The van der Waals surface area contributed by atoms with E-state index in [9.17, 15) is 8.78 Å². The number of aromatic nitrogens is 3. The van der Waals surface area contributed by atoms with Gasteiger partial charge in [-0.3, -0.25) is 0 Å². The molecule has 76 valence electrons. The minimum atomic E-state index is -0.975. The SMILES string of the molecule is Nc1nncc(-c2cccc(F)c2F)n1. The number of benzene rings is 1. The van der Waals surface area contributed by atoms with Crippen LogP contribution in [0, 0.1) is 11.6 Å². The second-order valence-electron chi connectivity index (χ2n) is 2.80. The van der Waals surface area contributed by atoms with Crippen LogP contribution in [0.15, 0.2) is 24.4 Å². The van der Waals surface area contributed by atoms with Crippen molar-refractivity contribution in [3.05, 3.63) is 36.0 Å². The van der Waals surface area contributed by atoms with Crippen molar-refractivity contribution in [2.24, 2.45) is 0 Å². The van der Waals surface area contributed by atoms with Crippen LogP contribution < -0.4 is 5.73 Å². The predicted octanol–water partition coefficient (Wildman–Crippen LogP) is 1.40. The maximum Gasteiger partial charge on any atom is 0.240 e. The molecular formula is C9H6F2N4. The summed E-state index contributed by atoms with van der Waals surface area (Å²) in [5.41, 5.74) is 5.45. The molecule has 1 aromatic carbocycles. The van der Waals surface area contributed by atoms with Gasteiger partial charge < -0.3 is 5.73 Å². The Labute approximate surface area is 83.8 Å². The van der Waals surface area contributed by atoms with Gasteiger partial charge in [-0.15, -0.1) is 5.10 Å². The van der Waals surface area contributed by atoms with Crippen LogP contribution in [0.3, 0.4) is 0 Å². The number of halogens is 2. The molecule has 1 aromatic heterocycles. The van der Waals surface area contributed by atoms with E-state index in [1.165, 1.54) is 18.3 Å². The van der Waals surface area contributed by atoms with Gasteiger partial charge in [-0.05, 0) is 12.1 Å². The molecule has 0 aliphatic rings. The number of hydrogen-bond donors (Lipinski definition) is 1. The third-order valence-electron chi connectivity index (χ3n) is 1.80. The summed E-state index contributed by atoms with van der Waals surface area (Å²) in [4.78, 5) is 3.74. The number of anilines is 1. The first kappa shape index (κ1) is 9.45. The van der Waals surface area contributed by atoms with E-state index in [1.807, 2.05) is 0 Å². The third-order valence-corrected chi connectivity index (χ3v) is 1.80. The van der Waals surface area contributed by atoms with Gasteiger partial charge in [0, 0.05) is 5.56 Å². The molecule has 15 heavy (non-hydrogen) atoms. The fourth-order valence-corrected chi connectivity index (χ4v) is 1.15.